The third-order valence-corrected chi connectivity index (χ3v) is 6.73. The summed E-state index contributed by atoms with van der Waals surface area (Å²) in [6, 6.07) is 28.4. The fraction of sp³-hybridized carbons (Fsp3) is 0.276. The molecule has 3 nitrogen and oxygen atoms in total. The largest absolute Gasteiger partial charge is 0.476 e. The summed E-state index contributed by atoms with van der Waals surface area (Å²) in [5.74, 6) is 1.19. The number of hydrogen-bond donors (Lipinski definition) is 0. The monoisotopic (exact) mass is 422 g/mol. The third kappa shape index (κ3) is 4.26. The molecule has 0 atom stereocenters. The molecule has 0 N–H and O–H groups in total. The summed E-state index contributed by atoms with van der Waals surface area (Å²) in [6.45, 7) is 7.77. The van der Waals surface area contributed by atoms with Crippen LogP contribution in [0.1, 0.15) is 40.2 Å². The van der Waals surface area contributed by atoms with Gasteiger partial charge in [-0.2, -0.15) is 0 Å². The SMILES string of the molecule is Cc1ccc2cc3c(nc2c1C)OCCN(CCC(c1ccccc1)c1ccccc1)C3. The van der Waals surface area contributed by atoms with Gasteiger partial charge in [-0.25, -0.2) is 4.98 Å². The van der Waals surface area contributed by atoms with Crippen molar-refractivity contribution in [2.45, 2.75) is 32.7 Å². The summed E-state index contributed by atoms with van der Waals surface area (Å²) in [5.41, 5.74) is 7.52. The zero-order chi connectivity index (χ0) is 21.9. The van der Waals surface area contributed by atoms with Gasteiger partial charge in [-0.05, 0) is 55.1 Å². The van der Waals surface area contributed by atoms with Crippen molar-refractivity contribution in [1.82, 2.24) is 9.88 Å². The van der Waals surface area contributed by atoms with E-state index in [1.165, 1.54) is 33.2 Å². The molecule has 1 aliphatic heterocycles. The van der Waals surface area contributed by atoms with Crippen molar-refractivity contribution in [3.63, 3.8) is 0 Å². The zero-order valence-electron chi connectivity index (χ0n) is 18.9. The summed E-state index contributed by atoms with van der Waals surface area (Å²) in [5, 5.41) is 1.20. The van der Waals surface area contributed by atoms with Gasteiger partial charge in [-0.3, -0.25) is 4.90 Å². The van der Waals surface area contributed by atoms with E-state index in [1.54, 1.807) is 0 Å². The second-order valence-electron chi connectivity index (χ2n) is 8.82. The van der Waals surface area contributed by atoms with Gasteiger partial charge in [0.2, 0.25) is 5.88 Å². The molecule has 0 radical (unpaired) electrons. The first-order valence-corrected chi connectivity index (χ1v) is 11.5. The Balaban J connectivity index is 1.38. The van der Waals surface area contributed by atoms with Crippen LogP contribution in [0.5, 0.6) is 5.88 Å². The summed E-state index contributed by atoms with van der Waals surface area (Å²) >= 11 is 0. The van der Waals surface area contributed by atoms with Crippen LogP contribution < -0.4 is 4.74 Å². The van der Waals surface area contributed by atoms with Gasteiger partial charge in [-0.1, -0.05) is 72.8 Å². The highest BCUT2D eigenvalue weighted by molar-refractivity contribution is 5.84. The Kier molecular flexibility index (Phi) is 5.91. The van der Waals surface area contributed by atoms with Crippen molar-refractivity contribution in [2.75, 3.05) is 19.7 Å². The highest BCUT2D eigenvalue weighted by Gasteiger charge is 2.21. The predicted molar refractivity (Wildman–Crippen MR) is 131 cm³/mol. The number of hydrogen-bond acceptors (Lipinski definition) is 3. The standard InChI is InChI=1S/C29H30N2O/c1-21-13-14-25-19-26-20-31(17-18-32-29(26)30-28(25)22(21)2)16-15-27(23-9-5-3-6-10-23)24-11-7-4-8-12-24/h3-14,19,27H,15-18,20H2,1-2H3. The number of aromatic nitrogens is 1. The molecule has 32 heavy (non-hydrogen) atoms. The fourth-order valence-electron chi connectivity index (χ4n) is 4.74. The third-order valence-electron chi connectivity index (χ3n) is 6.73. The Bertz CT molecular complexity index is 1160. The molecule has 5 rings (SSSR count). The second kappa shape index (κ2) is 9.13. The van der Waals surface area contributed by atoms with E-state index >= 15 is 0 Å². The first-order chi connectivity index (χ1) is 15.7. The van der Waals surface area contributed by atoms with Crippen LogP contribution in [0, 0.1) is 13.8 Å². The molecule has 0 bridgehead atoms. The molecule has 1 aliphatic rings. The van der Waals surface area contributed by atoms with Crippen LogP contribution in [0.3, 0.4) is 0 Å². The van der Waals surface area contributed by atoms with Crippen molar-refractivity contribution < 1.29 is 4.74 Å². The quantitative estimate of drug-likeness (QED) is 0.379. The van der Waals surface area contributed by atoms with Crippen LogP contribution in [0.4, 0.5) is 0 Å². The minimum atomic E-state index is 0.390. The molecule has 1 aromatic heterocycles. The number of rotatable bonds is 5. The molecular formula is C29H30N2O. The fourth-order valence-corrected chi connectivity index (χ4v) is 4.74. The van der Waals surface area contributed by atoms with Crippen LogP contribution in [-0.4, -0.2) is 29.6 Å². The van der Waals surface area contributed by atoms with Crippen molar-refractivity contribution >= 4 is 10.9 Å². The molecule has 3 heteroatoms. The predicted octanol–water partition coefficient (Wildman–Crippen LogP) is 6.27. The smallest absolute Gasteiger partial charge is 0.218 e. The molecule has 3 aromatic carbocycles. The van der Waals surface area contributed by atoms with E-state index in [4.69, 9.17) is 9.72 Å². The van der Waals surface area contributed by atoms with E-state index in [0.717, 1.165) is 37.5 Å². The number of pyridine rings is 1. The number of fused-ring (bicyclic) bond motifs is 2. The van der Waals surface area contributed by atoms with Crippen LogP contribution in [0.25, 0.3) is 10.9 Å². The number of nitrogens with zero attached hydrogens (tertiary/aromatic N) is 2. The molecule has 0 saturated heterocycles. The van der Waals surface area contributed by atoms with E-state index in [9.17, 15) is 0 Å². The molecule has 4 aromatic rings. The van der Waals surface area contributed by atoms with Gasteiger partial charge in [0.25, 0.3) is 0 Å². The molecular weight excluding hydrogens is 392 g/mol. The van der Waals surface area contributed by atoms with Gasteiger partial charge in [0.15, 0.2) is 0 Å². The molecule has 0 saturated carbocycles. The minimum Gasteiger partial charge on any atom is -0.476 e. The van der Waals surface area contributed by atoms with E-state index in [2.05, 4.69) is 97.6 Å². The molecule has 0 amide bonds. The van der Waals surface area contributed by atoms with E-state index in [1.807, 2.05) is 0 Å². The van der Waals surface area contributed by atoms with Gasteiger partial charge in [0, 0.05) is 30.0 Å². The molecule has 0 unspecified atom stereocenters. The van der Waals surface area contributed by atoms with Gasteiger partial charge >= 0.3 is 0 Å². The summed E-state index contributed by atoms with van der Waals surface area (Å²) in [7, 11) is 0. The van der Waals surface area contributed by atoms with E-state index < -0.39 is 0 Å². The second-order valence-corrected chi connectivity index (χ2v) is 8.82. The van der Waals surface area contributed by atoms with Gasteiger partial charge in [-0.15, -0.1) is 0 Å². The number of ether oxygens (including phenoxy) is 1. The lowest BCUT2D eigenvalue weighted by molar-refractivity contribution is 0.219. The highest BCUT2D eigenvalue weighted by atomic mass is 16.5. The summed E-state index contributed by atoms with van der Waals surface area (Å²) < 4.78 is 6.10. The Morgan fingerprint density at radius 1 is 0.906 bits per heavy atom. The Labute approximate surface area is 190 Å². The van der Waals surface area contributed by atoms with Crippen molar-refractivity contribution in [3.05, 3.63) is 107 Å². The maximum Gasteiger partial charge on any atom is 0.218 e. The Morgan fingerprint density at radius 3 is 2.28 bits per heavy atom. The van der Waals surface area contributed by atoms with Crippen molar-refractivity contribution in [3.8, 4) is 5.88 Å². The van der Waals surface area contributed by atoms with Crippen LogP contribution >= 0.6 is 0 Å². The number of aryl methyl sites for hydroxylation is 2. The maximum absolute atomic E-state index is 6.10. The van der Waals surface area contributed by atoms with Crippen molar-refractivity contribution in [2.24, 2.45) is 0 Å². The summed E-state index contributed by atoms with van der Waals surface area (Å²) in [4.78, 5) is 7.43. The van der Waals surface area contributed by atoms with Gasteiger partial charge in [0.05, 0.1) is 5.52 Å². The molecule has 0 aliphatic carbocycles. The lowest BCUT2D eigenvalue weighted by Gasteiger charge is -2.24. The maximum atomic E-state index is 6.10. The first-order valence-electron chi connectivity index (χ1n) is 11.5. The first kappa shape index (κ1) is 20.7. The zero-order valence-corrected chi connectivity index (χ0v) is 18.9. The molecule has 0 fully saturated rings. The average Bonchev–Trinajstić information content (AvgIpc) is 3.03. The lowest BCUT2D eigenvalue weighted by Crippen LogP contribution is -2.28. The van der Waals surface area contributed by atoms with Crippen LogP contribution in [0.15, 0.2) is 78.9 Å². The average molecular weight is 423 g/mol. The molecule has 2 heterocycles. The van der Waals surface area contributed by atoms with Crippen LogP contribution in [-0.2, 0) is 6.54 Å². The summed E-state index contributed by atoms with van der Waals surface area (Å²) in [6.07, 6.45) is 1.07. The van der Waals surface area contributed by atoms with Crippen LogP contribution in [0.2, 0.25) is 0 Å². The van der Waals surface area contributed by atoms with E-state index in [-0.39, 0.29) is 0 Å². The number of benzene rings is 3. The molecule has 0 spiro atoms. The minimum absolute atomic E-state index is 0.390. The Hall–Kier alpha value is -3.17. The Morgan fingerprint density at radius 2 is 1.59 bits per heavy atom. The molecule has 162 valence electrons. The van der Waals surface area contributed by atoms with Crippen molar-refractivity contribution in [1.29, 1.82) is 0 Å². The normalized spacial score (nSPS) is 14.2. The highest BCUT2D eigenvalue weighted by Crippen LogP contribution is 2.31. The topological polar surface area (TPSA) is 25.4 Å². The van der Waals surface area contributed by atoms with Gasteiger partial charge < -0.3 is 4.74 Å². The van der Waals surface area contributed by atoms with E-state index in [0.29, 0.717) is 12.5 Å². The lowest BCUT2D eigenvalue weighted by atomic mass is 9.88. The van der Waals surface area contributed by atoms with Gasteiger partial charge in [0.1, 0.15) is 6.61 Å².